The summed E-state index contributed by atoms with van der Waals surface area (Å²) < 4.78 is 0.801. The number of nitrogens with two attached hydrogens (primary N) is 1. The molecule has 2 aromatic rings. The molecule has 1 amide bonds. The van der Waals surface area contributed by atoms with E-state index in [-0.39, 0.29) is 5.91 Å². The van der Waals surface area contributed by atoms with E-state index in [1.807, 2.05) is 6.92 Å². The summed E-state index contributed by atoms with van der Waals surface area (Å²) in [5, 5.41) is 10.5. The minimum Gasteiger partial charge on any atom is -0.398 e. The zero-order valence-corrected chi connectivity index (χ0v) is 11.3. The summed E-state index contributed by atoms with van der Waals surface area (Å²) in [4.78, 5) is 12.5. The average molecular weight is 280 g/mol. The quantitative estimate of drug-likeness (QED) is 0.837. The molecule has 2 rings (SSSR count). The molecule has 1 aromatic carbocycles. The average Bonchev–Trinajstić information content (AvgIpc) is 2.85. The highest BCUT2D eigenvalue weighted by atomic mass is 32.2. The third-order valence-corrected chi connectivity index (χ3v) is 4.00. The third-order valence-electron chi connectivity index (χ3n) is 2.15. The van der Waals surface area contributed by atoms with Gasteiger partial charge in [-0.25, -0.2) is 0 Å². The van der Waals surface area contributed by atoms with Gasteiger partial charge in [-0.05, 0) is 25.1 Å². The predicted molar refractivity (Wildman–Crippen MR) is 72.9 cm³/mol. The number of nitrogens with one attached hydrogen (secondary N) is 1. The summed E-state index contributed by atoms with van der Waals surface area (Å²) in [7, 11) is 0. The van der Waals surface area contributed by atoms with Crippen molar-refractivity contribution < 1.29 is 4.79 Å². The monoisotopic (exact) mass is 280 g/mol. The molecular formula is C11H12N4OS2. The van der Waals surface area contributed by atoms with Crippen LogP contribution < -0.4 is 11.1 Å². The fourth-order valence-corrected chi connectivity index (χ4v) is 2.85. The van der Waals surface area contributed by atoms with E-state index >= 15 is 0 Å². The van der Waals surface area contributed by atoms with Crippen LogP contribution in [0, 0.1) is 0 Å². The second kappa shape index (κ2) is 5.83. The Labute approximate surface area is 113 Å². The summed E-state index contributed by atoms with van der Waals surface area (Å²) in [5.74, 6) is -0.100. The number of rotatable bonds is 4. The molecule has 0 fully saturated rings. The molecule has 5 nitrogen and oxygen atoms in total. The van der Waals surface area contributed by atoms with Gasteiger partial charge in [0.05, 0.1) is 0 Å². The Morgan fingerprint density at radius 3 is 3.06 bits per heavy atom. The zero-order chi connectivity index (χ0) is 13.0. The van der Waals surface area contributed by atoms with Gasteiger partial charge in [0.25, 0.3) is 5.91 Å². The van der Waals surface area contributed by atoms with Gasteiger partial charge < -0.3 is 11.1 Å². The number of hydrogen-bond acceptors (Lipinski definition) is 6. The number of benzene rings is 1. The number of amides is 1. The number of carbonyl (C=O) groups is 1. The van der Waals surface area contributed by atoms with E-state index in [9.17, 15) is 4.79 Å². The van der Waals surface area contributed by atoms with Gasteiger partial charge in [0, 0.05) is 22.7 Å². The smallest absolute Gasteiger partial charge is 0.251 e. The summed E-state index contributed by atoms with van der Waals surface area (Å²) in [6.45, 7) is 2.48. The molecule has 1 heterocycles. The maximum atomic E-state index is 11.7. The molecule has 18 heavy (non-hydrogen) atoms. The van der Waals surface area contributed by atoms with Gasteiger partial charge in [-0.3, -0.25) is 4.79 Å². The highest BCUT2D eigenvalue weighted by Crippen LogP contribution is 2.33. The van der Waals surface area contributed by atoms with Crippen molar-refractivity contribution >= 4 is 34.7 Å². The second-order valence-electron chi connectivity index (χ2n) is 3.42. The van der Waals surface area contributed by atoms with Crippen molar-refractivity contribution in [3.8, 4) is 0 Å². The molecule has 0 aliphatic rings. The zero-order valence-electron chi connectivity index (χ0n) is 9.71. The topological polar surface area (TPSA) is 80.9 Å². The van der Waals surface area contributed by atoms with Crippen LogP contribution in [-0.4, -0.2) is 22.6 Å². The lowest BCUT2D eigenvalue weighted by Crippen LogP contribution is -2.22. The first-order valence-corrected chi connectivity index (χ1v) is 7.02. The van der Waals surface area contributed by atoms with Crippen molar-refractivity contribution in [2.24, 2.45) is 0 Å². The lowest BCUT2D eigenvalue weighted by Gasteiger charge is -2.06. The van der Waals surface area contributed by atoms with Gasteiger partial charge in [0.15, 0.2) is 4.34 Å². The van der Waals surface area contributed by atoms with Crippen LogP contribution in [0.15, 0.2) is 32.9 Å². The van der Waals surface area contributed by atoms with Crippen LogP contribution in [0.5, 0.6) is 0 Å². The Morgan fingerprint density at radius 1 is 1.56 bits per heavy atom. The van der Waals surface area contributed by atoms with Gasteiger partial charge in [-0.15, -0.1) is 10.2 Å². The van der Waals surface area contributed by atoms with E-state index in [1.165, 1.54) is 23.1 Å². The minimum absolute atomic E-state index is 0.100. The Balaban J connectivity index is 2.24. The number of anilines is 1. The van der Waals surface area contributed by atoms with Crippen LogP contribution in [0.2, 0.25) is 0 Å². The highest BCUT2D eigenvalue weighted by Gasteiger charge is 2.10. The molecule has 0 bridgehead atoms. The SMILES string of the molecule is CCNC(=O)c1ccc(N)c(Sc2nncs2)c1. The van der Waals surface area contributed by atoms with Crippen molar-refractivity contribution in [2.45, 2.75) is 16.2 Å². The van der Waals surface area contributed by atoms with Crippen LogP contribution in [0.4, 0.5) is 5.69 Å². The molecule has 0 aliphatic heterocycles. The van der Waals surface area contributed by atoms with Crippen molar-refractivity contribution in [1.29, 1.82) is 0 Å². The van der Waals surface area contributed by atoms with Gasteiger partial charge >= 0.3 is 0 Å². The molecule has 0 unspecified atom stereocenters. The van der Waals surface area contributed by atoms with Crippen molar-refractivity contribution in [2.75, 3.05) is 12.3 Å². The number of carbonyl (C=O) groups excluding carboxylic acids is 1. The van der Waals surface area contributed by atoms with Crippen molar-refractivity contribution in [3.63, 3.8) is 0 Å². The molecule has 1 aromatic heterocycles. The van der Waals surface area contributed by atoms with E-state index in [0.29, 0.717) is 17.8 Å². The first kappa shape index (κ1) is 12.8. The number of nitrogens with zero attached hydrogens (tertiary/aromatic N) is 2. The van der Waals surface area contributed by atoms with E-state index in [0.717, 1.165) is 9.24 Å². The molecule has 0 aliphatic carbocycles. The molecule has 7 heteroatoms. The molecule has 3 N–H and O–H groups in total. The molecule has 0 atom stereocenters. The molecule has 94 valence electrons. The molecular weight excluding hydrogens is 268 g/mol. The maximum absolute atomic E-state index is 11.7. The number of nitrogen functional groups attached to an aromatic ring is 1. The molecule has 0 radical (unpaired) electrons. The summed E-state index contributed by atoms with van der Waals surface area (Å²) >= 11 is 2.85. The number of aromatic nitrogens is 2. The second-order valence-corrected chi connectivity index (χ2v) is 5.54. The Hall–Kier alpha value is -1.60. The molecule has 0 saturated heterocycles. The Morgan fingerprint density at radius 2 is 2.39 bits per heavy atom. The summed E-state index contributed by atoms with van der Waals surface area (Å²) in [6.07, 6.45) is 0. The van der Waals surface area contributed by atoms with Crippen LogP contribution in [0.1, 0.15) is 17.3 Å². The van der Waals surface area contributed by atoms with E-state index < -0.39 is 0 Å². The van der Waals surface area contributed by atoms with Crippen molar-refractivity contribution in [1.82, 2.24) is 15.5 Å². The molecule has 0 saturated carbocycles. The maximum Gasteiger partial charge on any atom is 0.251 e. The fourth-order valence-electron chi connectivity index (χ4n) is 1.33. The lowest BCUT2D eigenvalue weighted by atomic mass is 10.2. The summed E-state index contributed by atoms with van der Waals surface area (Å²) in [6, 6.07) is 5.21. The number of hydrogen-bond donors (Lipinski definition) is 2. The van der Waals surface area contributed by atoms with E-state index in [2.05, 4.69) is 15.5 Å². The first-order valence-electron chi connectivity index (χ1n) is 5.32. The minimum atomic E-state index is -0.100. The Bertz CT molecular complexity index is 542. The molecule has 0 spiro atoms. The third kappa shape index (κ3) is 2.99. The van der Waals surface area contributed by atoms with Gasteiger partial charge in [-0.1, -0.05) is 23.1 Å². The lowest BCUT2D eigenvalue weighted by molar-refractivity contribution is 0.0955. The largest absolute Gasteiger partial charge is 0.398 e. The van der Waals surface area contributed by atoms with Crippen LogP contribution >= 0.6 is 23.1 Å². The highest BCUT2D eigenvalue weighted by molar-refractivity contribution is 8.01. The fraction of sp³-hybridized carbons (Fsp3) is 0.182. The first-order chi connectivity index (χ1) is 8.70. The van der Waals surface area contributed by atoms with Crippen molar-refractivity contribution in [3.05, 3.63) is 29.3 Å². The van der Waals surface area contributed by atoms with E-state index in [1.54, 1.807) is 23.7 Å². The van der Waals surface area contributed by atoms with Gasteiger partial charge in [0.1, 0.15) is 5.51 Å². The van der Waals surface area contributed by atoms with Gasteiger partial charge in [-0.2, -0.15) is 0 Å². The van der Waals surface area contributed by atoms with Gasteiger partial charge in [0.2, 0.25) is 0 Å². The van der Waals surface area contributed by atoms with E-state index in [4.69, 9.17) is 5.73 Å². The normalized spacial score (nSPS) is 10.3. The standard InChI is InChI=1S/C11H12N4OS2/c1-2-13-10(16)7-3-4-8(12)9(5-7)18-11-15-14-6-17-11/h3-6H,2,12H2,1H3,(H,13,16). The predicted octanol–water partition coefficient (Wildman–Crippen LogP) is 2.02. The van der Waals surface area contributed by atoms with Crippen LogP contribution in [0.25, 0.3) is 0 Å². The van der Waals surface area contributed by atoms with Crippen LogP contribution in [0.3, 0.4) is 0 Å². The summed E-state index contributed by atoms with van der Waals surface area (Å²) in [5.41, 5.74) is 8.77. The van der Waals surface area contributed by atoms with Crippen LogP contribution in [-0.2, 0) is 0 Å². The Kier molecular flexibility index (Phi) is 4.16.